The minimum atomic E-state index is -0.143. The number of hydrogen-bond donors (Lipinski definition) is 2. The molecule has 1 amide bonds. The van der Waals surface area contributed by atoms with Crippen molar-refractivity contribution in [2.45, 2.75) is 37.4 Å². The molecule has 96 valence electrons. The third kappa shape index (κ3) is 1.96. The Labute approximate surface area is 101 Å². The number of hydrogen-bond acceptors (Lipinski definition) is 4. The van der Waals surface area contributed by atoms with Gasteiger partial charge in [-0.25, -0.2) is 0 Å². The van der Waals surface area contributed by atoms with Crippen molar-refractivity contribution in [2.75, 3.05) is 26.4 Å². The second kappa shape index (κ2) is 4.55. The van der Waals surface area contributed by atoms with Crippen molar-refractivity contribution in [3.63, 3.8) is 0 Å². The molecule has 3 fully saturated rings. The average Bonchev–Trinajstić information content (AvgIpc) is 3.00. The summed E-state index contributed by atoms with van der Waals surface area (Å²) in [6.45, 7) is 1.69. The second-order valence-corrected chi connectivity index (χ2v) is 5.33. The van der Waals surface area contributed by atoms with Gasteiger partial charge in [0.1, 0.15) is 0 Å². The quantitative estimate of drug-likeness (QED) is 0.673. The van der Waals surface area contributed by atoms with Gasteiger partial charge in [-0.15, -0.1) is 0 Å². The second-order valence-electron chi connectivity index (χ2n) is 5.33. The molecule has 3 aliphatic rings. The van der Waals surface area contributed by atoms with E-state index in [0.29, 0.717) is 31.8 Å². The molecular formula is C12H20N2O3. The summed E-state index contributed by atoms with van der Waals surface area (Å²) in [7, 11) is 0. The zero-order chi connectivity index (χ0) is 11.8. The molecule has 17 heavy (non-hydrogen) atoms. The van der Waals surface area contributed by atoms with Crippen molar-refractivity contribution in [1.29, 1.82) is 0 Å². The maximum absolute atomic E-state index is 12.5. The molecule has 2 N–H and O–H groups in total. The smallest absolute Gasteiger partial charge is 0.227 e. The Bertz CT molecular complexity index is 310. The molecule has 0 aromatic heterocycles. The van der Waals surface area contributed by atoms with Crippen LogP contribution in [0.2, 0.25) is 0 Å². The molecule has 0 saturated carbocycles. The Hall–Kier alpha value is -0.650. The van der Waals surface area contributed by atoms with Gasteiger partial charge in [-0.05, 0) is 19.3 Å². The Kier molecular flexibility index (Phi) is 3.06. The molecule has 3 rings (SSSR count). The molecule has 3 saturated heterocycles. The van der Waals surface area contributed by atoms with Gasteiger partial charge >= 0.3 is 0 Å². The number of carbonyl (C=O) groups excluding carboxylic acids is 1. The summed E-state index contributed by atoms with van der Waals surface area (Å²) in [6, 6.07) is 0.771. The van der Waals surface area contributed by atoms with Gasteiger partial charge in [0.15, 0.2) is 0 Å². The highest BCUT2D eigenvalue weighted by molar-refractivity contribution is 5.80. The van der Waals surface area contributed by atoms with Crippen LogP contribution in [0.3, 0.4) is 0 Å². The summed E-state index contributed by atoms with van der Waals surface area (Å²) in [6.07, 6.45) is 3.30. The Morgan fingerprint density at radius 3 is 3.00 bits per heavy atom. The highest BCUT2D eigenvalue weighted by Gasteiger charge is 2.45. The van der Waals surface area contributed by atoms with Crippen LogP contribution in [0.25, 0.3) is 0 Å². The van der Waals surface area contributed by atoms with E-state index in [4.69, 9.17) is 4.74 Å². The lowest BCUT2D eigenvalue weighted by Gasteiger charge is -2.37. The maximum atomic E-state index is 12.5. The number of rotatable bonds is 2. The van der Waals surface area contributed by atoms with Crippen LogP contribution in [0.15, 0.2) is 0 Å². The van der Waals surface area contributed by atoms with Crippen LogP contribution in [0.1, 0.15) is 19.3 Å². The largest absolute Gasteiger partial charge is 0.394 e. The molecule has 0 aliphatic carbocycles. The van der Waals surface area contributed by atoms with Crippen molar-refractivity contribution in [2.24, 2.45) is 5.92 Å². The molecule has 0 aromatic carbocycles. The molecule has 4 atom stereocenters. The molecule has 5 nitrogen and oxygen atoms in total. The molecular weight excluding hydrogens is 220 g/mol. The number of ether oxygens (including phenoxy) is 1. The minimum Gasteiger partial charge on any atom is -0.394 e. The van der Waals surface area contributed by atoms with E-state index in [1.165, 1.54) is 6.42 Å². The third-order valence-corrected chi connectivity index (χ3v) is 4.34. The van der Waals surface area contributed by atoms with E-state index in [0.717, 1.165) is 12.8 Å². The first kappa shape index (κ1) is 11.4. The van der Waals surface area contributed by atoms with Gasteiger partial charge in [-0.1, -0.05) is 0 Å². The topological polar surface area (TPSA) is 61.8 Å². The SMILES string of the molecule is O=C(C1CC2CCC1N2)N1CCOCC1CO. The van der Waals surface area contributed by atoms with E-state index in [2.05, 4.69) is 5.32 Å². The maximum Gasteiger partial charge on any atom is 0.227 e. The van der Waals surface area contributed by atoms with Gasteiger partial charge in [0.2, 0.25) is 5.91 Å². The van der Waals surface area contributed by atoms with E-state index in [-0.39, 0.29) is 24.5 Å². The minimum absolute atomic E-state index is 0.0000161. The summed E-state index contributed by atoms with van der Waals surface area (Å²) in [5, 5.41) is 12.8. The summed E-state index contributed by atoms with van der Waals surface area (Å²) >= 11 is 0. The fourth-order valence-electron chi connectivity index (χ4n) is 3.41. The molecule has 3 aliphatic heterocycles. The molecule has 2 bridgehead atoms. The first-order valence-corrected chi connectivity index (χ1v) is 6.54. The summed E-state index contributed by atoms with van der Waals surface area (Å²) < 4.78 is 5.31. The molecule has 0 radical (unpaired) electrons. The fraction of sp³-hybridized carbons (Fsp3) is 0.917. The van der Waals surface area contributed by atoms with Crippen LogP contribution >= 0.6 is 0 Å². The first-order valence-electron chi connectivity index (χ1n) is 6.54. The Morgan fingerprint density at radius 1 is 1.47 bits per heavy atom. The number of aliphatic hydroxyl groups is 1. The first-order chi connectivity index (χ1) is 8.29. The van der Waals surface area contributed by atoms with Crippen molar-refractivity contribution in [3.05, 3.63) is 0 Å². The zero-order valence-corrected chi connectivity index (χ0v) is 9.97. The highest BCUT2D eigenvalue weighted by Crippen LogP contribution is 2.34. The number of carbonyl (C=O) groups is 1. The fourth-order valence-corrected chi connectivity index (χ4v) is 3.41. The summed E-state index contributed by atoms with van der Waals surface area (Å²) in [5.74, 6) is 0.341. The Balaban J connectivity index is 1.68. The summed E-state index contributed by atoms with van der Waals surface area (Å²) in [4.78, 5) is 14.3. The van der Waals surface area contributed by atoms with E-state index < -0.39 is 0 Å². The number of morpholine rings is 1. The number of aliphatic hydroxyl groups excluding tert-OH is 1. The van der Waals surface area contributed by atoms with Crippen molar-refractivity contribution in [1.82, 2.24) is 10.2 Å². The highest BCUT2D eigenvalue weighted by atomic mass is 16.5. The van der Waals surface area contributed by atoms with Crippen molar-refractivity contribution < 1.29 is 14.6 Å². The van der Waals surface area contributed by atoms with Crippen molar-refractivity contribution in [3.8, 4) is 0 Å². The standard InChI is InChI=1S/C12H20N2O3/c15-6-9-7-17-4-3-14(9)12(16)10-5-8-1-2-11(10)13-8/h8-11,13,15H,1-7H2. The van der Waals surface area contributed by atoms with Crippen LogP contribution < -0.4 is 5.32 Å². The lowest BCUT2D eigenvalue weighted by Crippen LogP contribution is -2.53. The zero-order valence-electron chi connectivity index (χ0n) is 9.97. The molecule has 0 spiro atoms. The third-order valence-electron chi connectivity index (χ3n) is 4.34. The van der Waals surface area contributed by atoms with Gasteiger partial charge in [0.05, 0.1) is 31.8 Å². The number of nitrogens with one attached hydrogen (secondary N) is 1. The van der Waals surface area contributed by atoms with E-state index in [9.17, 15) is 9.90 Å². The normalized spacial score (nSPS) is 40.9. The Morgan fingerprint density at radius 2 is 2.35 bits per heavy atom. The van der Waals surface area contributed by atoms with Gasteiger partial charge < -0.3 is 20.1 Å². The van der Waals surface area contributed by atoms with Crippen molar-refractivity contribution >= 4 is 5.91 Å². The summed E-state index contributed by atoms with van der Waals surface area (Å²) in [5.41, 5.74) is 0. The van der Waals surface area contributed by atoms with Crippen LogP contribution in [0.5, 0.6) is 0 Å². The predicted molar refractivity (Wildman–Crippen MR) is 61.5 cm³/mol. The van der Waals surface area contributed by atoms with Crippen LogP contribution in [0, 0.1) is 5.92 Å². The van der Waals surface area contributed by atoms with Gasteiger partial charge in [-0.2, -0.15) is 0 Å². The predicted octanol–water partition coefficient (Wildman–Crippen LogP) is -0.653. The lowest BCUT2D eigenvalue weighted by molar-refractivity contribution is -0.146. The van der Waals surface area contributed by atoms with E-state index >= 15 is 0 Å². The average molecular weight is 240 g/mol. The molecule has 5 heteroatoms. The van der Waals surface area contributed by atoms with E-state index in [1.54, 1.807) is 0 Å². The molecule has 0 aromatic rings. The number of nitrogens with zero attached hydrogens (tertiary/aromatic N) is 1. The van der Waals surface area contributed by atoms with Crippen LogP contribution in [-0.2, 0) is 9.53 Å². The molecule has 3 heterocycles. The van der Waals surface area contributed by atoms with Crippen LogP contribution in [0.4, 0.5) is 0 Å². The van der Waals surface area contributed by atoms with E-state index in [1.807, 2.05) is 4.90 Å². The monoisotopic (exact) mass is 240 g/mol. The molecule has 4 unspecified atom stereocenters. The number of amides is 1. The van der Waals surface area contributed by atoms with Gasteiger partial charge in [0.25, 0.3) is 0 Å². The van der Waals surface area contributed by atoms with Gasteiger partial charge in [-0.3, -0.25) is 4.79 Å². The lowest BCUT2D eigenvalue weighted by atomic mass is 9.87. The van der Waals surface area contributed by atoms with Crippen LogP contribution in [-0.4, -0.2) is 60.4 Å². The van der Waals surface area contributed by atoms with Gasteiger partial charge in [0, 0.05) is 18.6 Å². The number of fused-ring (bicyclic) bond motifs is 2.